The second-order valence-corrected chi connectivity index (χ2v) is 7.60. The third-order valence-electron chi connectivity index (χ3n) is 5.21. The molecule has 3 rings (SSSR count). The topological polar surface area (TPSA) is 130 Å². The molecule has 11 heteroatoms. The Morgan fingerprint density at radius 3 is 2.09 bits per heavy atom. The number of carbonyl (C=O) groups is 4. The molecule has 0 saturated carbocycles. The molecule has 1 fully saturated rings. The van der Waals surface area contributed by atoms with Crippen LogP contribution < -0.4 is 10.1 Å². The molecule has 188 valence electrons. The van der Waals surface area contributed by atoms with Gasteiger partial charge in [0.05, 0.1) is 57.4 Å². The predicted molar refractivity (Wildman–Crippen MR) is 121 cm³/mol. The van der Waals surface area contributed by atoms with Gasteiger partial charge in [-0.3, -0.25) is 29.4 Å². The molecule has 4 amide bonds. The number of carbonyl (C=O) groups excluding carboxylic acids is 4. The van der Waals surface area contributed by atoms with E-state index >= 15 is 0 Å². The molecule has 0 radical (unpaired) electrons. The van der Waals surface area contributed by atoms with E-state index in [0.29, 0.717) is 52.0 Å². The number of fused-ring (bicyclic) bond motifs is 1. The van der Waals surface area contributed by atoms with Gasteiger partial charge in [-0.1, -0.05) is 5.92 Å². The van der Waals surface area contributed by atoms with Crippen LogP contribution in [0.15, 0.2) is 18.2 Å². The van der Waals surface area contributed by atoms with E-state index < -0.39 is 29.7 Å². The Balaban J connectivity index is 1.32. The summed E-state index contributed by atoms with van der Waals surface area (Å²) in [6.45, 7) is 3.38. The minimum absolute atomic E-state index is 0.0696. The van der Waals surface area contributed by atoms with Gasteiger partial charge in [-0.2, -0.15) is 0 Å². The number of ether oxygens (including phenoxy) is 5. The van der Waals surface area contributed by atoms with E-state index in [1.165, 1.54) is 12.1 Å². The first kappa shape index (κ1) is 26.3. The molecule has 1 N–H and O–H groups in total. The number of nitrogens with zero attached hydrogens (tertiary/aromatic N) is 1. The first-order chi connectivity index (χ1) is 17.0. The molecular formula is C24H28N2O9. The van der Waals surface area contributed by atoms with Crippen molar-refractivity contribution in [2.75, 3.05) is 59.5 Å². The van der Waals surface area contributed by atoms with Crippen molar-refractivity contribution in [2.24, 2.45) is 0 Å². The predicted octanol–water partition coefficient (Wildman–Crippen LogP) is 0.166. The monoisotopic (exact) mass is 488 g/mol. The van der Waals surface area contributed by atoms with Crippen LogP contribution in [0.2, 0.25) is 0 Å². The van der Waals surface area contributed by atoms with E-state index in [1.807, 2.05) is 0 Å². The van der Waals surface area contributed by atoms with E-state index in [2.05, 4.69) is 11.2 Å². The Labute approximate surface area is 203 Å². The second kappa shape index (κ2) is 13.6. The zero-order valence-electron chi connectivity index (χ0n) is 19.3. The van der Waals surface area contributed by atoms with Crippen molar-refractivity contribution in [1.82, 2.24) is 10.2 Å². The van der Waals surface area contributed by atoms with Gasteiger partial charge in [0.1, 0.15) is 25.0 Å². The molecule has 2 aliphatic heterocycles. The average molecular weight is 488 g/mol. The SMILES string of the molecule is C#CCOCCOCCOCCOCCOc1ccc2c(c1)C(=O)N(C1CCC(=O)NC1=O)C2=O. The number of imide groups is 2. The van der Waals surface area contributed by atoms with Crippen LogP contribution in [-0.4, -0.2) is 94.0 Å². The summed E-state index contributed by atoms with van der Waals surface area (Å²) in [5.74, 6) is 0.570. The molecule has 11 nitrogen and oxygen atoms in total. The highest BCUT2D eigenvalue weighted by Gasteiger charge is 2.44. The number of amides is 4. The van der Waals surface area contributed by atoms with Crippen LogP contribution in [-0.2, 0) is 28.5 Å². The van der Waals surface area contributed by atoms with Gasteiger partial charge in [-0.15, -0.1) is 6.42 Å². The summed E-state index contributed by atoms with van der Waals surface area (Å²) in [4.78, 5) is 49.9. The van der Waals surface area contributed by atoms with Crippen molar-refractivity contribution in [1.29, 1.82) is 0 Å². The summed E-state index contributed by atoms with van der Waals surface area (Å²) in [7, 11) is 0. The Morgan fingerprint density at radius 2 is 1.46 bits per heavy atom. The number of rotatable bonds is 15. The van der Waals surface area contributed by atoms with Gasteiger partial charge >= 0.3 is 0 Å². The third-order valence-corrected chi connectivity index (χ3v) is 5.21. The van der Waals surface area contributed by atoms with Gasteiger partial charge in [-0.05, 0) is 24.6 Å². The number of hydrogen-bond donors (Lipinski definition) is 1. The molecular weight excluding hydrogens is 460 g/mol. The Morgan fingerprint density at radius 1 is 0.857 bits per heavy atom. The maximum absolute atomic E-state index is 12.8. The summed E-state index contributed by atoms with van der Waals surface area (Å²) in [5, 5.41) is 2.17. The van der Waals surface area contributed by atoms with Gasteiger partial charge in [0.25, 0.3) is 11.8 Å². The van der Waals surface area contributed by atoms with Gasteiger partial charge in [0.15, 0.2) is 0 Å². The molecule has 1 saturated heterocycles. The lowest BCUT2D eigenvalue weighted by atomic mass is 10.0. The maximum Gasteiger partial charge on any atom is 0.262 e. The van der Waals surface area contributed by atoms with Crippen LogP contribution in [0.25, 0.3) is 0 Å². The lowest BCUT2D eigenvalue weighted by molar-refractivity contribution is -0.136. The van der Waals surface area contributed by atoms with Crippen LogP contribution in [0, 0.1) is 12.3 Å². The molecule has 35 heavy (non-hydrogen) atoms. The molecule has 0 bridgehead atoms. The molecule has 0 aliphatic carbocycles. The Bertz CT molecular complexity index is 972. The number of nitrogens with one attached hydrogen (secondary N) is 1. The molecule has 2 heterocycles. The zero-order chi connectivity index (χ0) is 25.0. The van der Waals surface area contributed by atoms with E-state index in [0.717, 1.165) is 4.90 Å². The highest BCUT2D eigenvalue weighted by Crippen LogP contribution is 2.30. The fourth-order valence-corrected chi connectivity index (χ4v) is 3.55. The molecule has 1 atom stereocenters. The first-order valence-electron chi connectivity index (χ1n) is 11.3. The van der Waals surface area contributed by atoms with Gasteiger partial charge < -0.3 is 23.7 Å². The van der Waals surface area contributed by atoms with Crippen molar-refractivity contribution in [3.63, 3.8) is 0 Å². The van der Waals surface area contributed by atoms with E-state index in [1.54, 1.807) is 6.07 Å². The molecule has 2 aliphatic rings. The van der Waals surface area contributed by atoms with Crippen molar-refractivity contribution < 1.29 is 42.9 Å². The van der Waals surface area contributed by atoms with Crippen molar-refractivity contribution in [3.05, 3.63) is 29.3 Å². The highest BCUT2D eigenvalue weighted by molar-refractivity contribution is 6.23. The first-order valence-corrected chi connectivity index (χ1v) is 11.3. The normalized spacial score (nSPS) is 17.3. The molecule has 1 aromatic carbocycles. The molecule has 0 spiro atoms. The summed E-state index contributed by atoms with van der Waals surface area (Å²) in [6.07, 6.45) is 5.24. The number of piperidine rings is 1. The summed E-state index contributed by atoms with van der Waals surface area (Å²) >= 11 is 0. The quantitative estimate of drug-likeness (QED) is 0.209. The summed E-state index contributed by atoms with van der Waals surface area (Å²) in [6, 6.07) is 3.55. The van der Waals surface area contributed by atoms with Crippen molar-refractivity contribution in [2.45, 2.75) is 18.9 Å². The number of terminal acetylenes is 1. The Hall–Kier alpha value is -3.30. The smallest absolute Gasteiger partial charge is 0.262 e. The highest BCUT2D eigenvalue weighted by atomic mass is 16.6. The van der Waals surface area contributed by atoms with Crippen LogP contribution >= 0.6 is 0 Å². The summed E-state index contributed by atoms with van der Waals surface area (Å²) < 4.78 is 26.8. The van der Waals surface area contributed by atoms with Crippen molar-refractivity contribution in [3.8, 4) is 18.1 Å². The molecule has 1 unspecified atom stereocenters. The van der Waals surface area contributed by atoms with Crippen molar-refractivity contribution >= 4 is 23.6 Å². The molecule has 0 aromatic heterocycles. The van der Waals surface area contributed by atoms with E-state index in [4.69, 9.17) is 30.1 Å². The van der Waals surface area contributed by atoms with Gasteiger partial charge in [0.2, 0.25) is 11.8 Å². The zero-order valence-corrected chi connectivity index (χ0v) is 19.3. The van der Waals surface area contributed by atoms with Crippen LogP contribution in [0.4, 0.5) is 0 Å². The van der Waals surface area contributed by atoms with E-state index in [-0.39, 0.29) is 37.2 Å². The minimum Gasteiger partial charge on any atom is -0.491 e. The fourth-order valence-electron chi connectivity index (χ4n) is 3.55. The minimum atomic E-state index is -1.00. The lowest BCUT2D eigenvalue weighted by Gasteiger charge is -2.27. The second-order valence-electron chi connectivity index (χ2n) is 7.60. The molecule has 1 aromatic rings. The standard InChI is InChI=1S/C24H28N2O9/c1-2-7-31-8-9-32-10-11-33-12-13-34-14-15-35-17-3-4-18-19(16-17)24(30)26(23(18)29)20-5-6-21(27)25-22(20)28/h1,3-4,16,20H,5-15H2,(H,25,27,28). The number of hydrogen-bond acceptors (Lipinski definition) is 9. The number of benzene rings is 1. The largest absolute Gasteiger partial charge is 0.491 e. The van der Waals surface area contributed by atoms with Crippen LogP contribution in [0.3, 0.4) is 0 Å². The Kier molecular flexibility index (Phi) is 10.2. The maximum atomic E-state index is 12.8. The van der Waals surface area contributed by atoms with Crippen LogP contribution in [0.5, 0.6) is 5.75 Å². The fraction of sp³-hybridized carbons (Fsp3) is 0.500. The summed E-state index contributed by atoms with van der Waals surface area (Å²) in [5.41, 5.74) is 0.362. The average Bonchev–Trinajstić information content (AvgIpc) is 3.09. The van der Waals surface area contributed by atoms with Gasteiger partial charge in [0, 0.05) is 6.42 Å². The third kappa shape index (κ3) is 7.34. The van der Waals surface area contributed by atoms with Crippen LogP contribution in [0.1, 0.15) is 33.6 Å². The van der Waals surface area contributed by atoms with Gasteiger partial charge in [-0.25, -0.2) is 0 Å². The lowest BCUT2D eigenvalue weighted by Crippen LogP contribution is -2.54. The van der Waals surface area contributed by atoms with E-state index in [9.17, 15) is 19.2 Å².